The number of oxazole rings is 1. The Morgan fingerprint density at radius 1 is 1.19 bits per heavy atom. The van der Waals surface area contributed by atoms with E-state index in [1.165, 1.54) is 0 Å². The Hall–Kier alpha value is -3.48. The maximum absolute atomic E-state index is 12.4. The molecule has 4 rings (SSSR count). The summed E-state index contributed by atoms with van der Waals surface area (Å²) in [6.07, 6.45) is 0.108. The molecular formula is C20H18N2O5. The van der Waals surface area contributed by atoms with E-state index in [1.807, 2.05) is 30.3 Å². The molecule has 7 heteroatoms. The van der Waals surface area contributed by atoms with Crippen molar-refractivity contribution in [3.05, 3.63) is 53.9 Å². The standard InChI is InChI=1S/C20H18N2O5/c1-12-16(10-19(23)21-14-4-3-5-15(9-14)24-2)22-20(27-12)13-6-7-17-18(8-13)26-11-25-17/h3-9H,10-11H2,1-2H3,(H,21,23). The van der Waals surface area contributed by atoms with Crippen molar-refractivity contribution in [2.24, 2.45) is 0 Å². The summed E-state index contributed by atoms with van der Waals surface area (Å²) in [6.45, 7) is 2.00. The van der Waals surface area contributed by atoms with Gasteiger partial charge in [0.05, 0.1) is 19.2 Å². The lowest BCUT2D eigenvalue weighted by atomic mass is 10.2. The van der Waals surface area contributed by atoms with Crippen LogP contribution in [0.4, 0.5) is 5.69 Å². The van der Waals surface area contributed by atoms with Crippen LogP contribution in [-0.4, -0.2) is 24.8 Å². The molecule has 1 N–H and O–H groups in total. The second kappa shape index (κ2) is 7.03. The molecule has 3 aromatic rings. The van der Waals surface area contributed by atoms with Gasteiger partial charge in [0.15, 0.2) is 11.5 Å². The fourth-order valence-corrected chi connectivity index (χ4v) is 2.80. The fourth-order valence-electron chi connectivity index (χ4n) is 2.80. The largest absolute Gasteiger partial charge is 0.497 e. The lowest BCUT2D eigenvalue weighted by Gasteiger charge is -2.06. The number of rotatable bonds is 5. The number of hydrogen-bond acceptors (Lipinski definition) is 6. The molecule has 7 nitrogen and oxygen atoms in total. The van der Waals surface area contributed by atoms with Crippen molar-refractivity contribution >= 4 is 11.6 Å². The summed E-state index contributed by atoms with van der Waals surface area (Å²) >= 11 is 0. The molecule has 1 aliphatic heterocycles. The van der Waals surface area contributed by atoms with E-state index < -0.39 is 0 Å². The molecule has 0 saturated heterocycles. The minimum atomic E-state index is -0.183. The first-order chi connectivity index (χ1) is 13.1. The van der Waals surface area contributed by atoms with Crippen LogP contribution in [0.1, 0.15) is 11.5 Å². The van der Waals surface area contributed by atoms with Crippen molar-refractivity contribution in [3.63, 3.8) is 0 Å². The molecule has 0 unspecified atom stereocenters. The van der Waals surface area contributed by atoms with E-state index in [-0.39, 0.29) is 19.1 Å². The van der Waals surface area contributed by atoms with Crippen LogP contribution in [0.15, 0.2) is 46.9 Å². The van der Waals surface area contributed by atoms with Crippen LogP contribution in [0.2, 0.25) is 0 Å². The van der Waals surface area contributed by atoms with Crippen LogP contribution < -0.4 is 19.5 Å². The lowest BCUT2D eigenvalue weighted by Crippen LogP contribution is -2.15. The van der Waals surface area contributed by atoms with Crippen molar-refractivity contribution in [1.29, 1.82) is 0 Å². The molecular weight excluding hydrogens is 348 g/mol. The van der Waals surface area contributed by atoms with Gasteiger partial charge in [0.1, 0.15) is 11.5 Å². The fraction of sp³-hybridized carbons (Fsp3) is 0.200. The van der Waals surface area contributed by atoms with Crippen molar-refractivity contribution in [2.45, 2.75) is 13.3 Å². The van der Waals surface area contributed by atoms with Crippen molar-refractivity contribution in [1.82, 2.24) is 4.98 Å². The number of aryl methyl sites for hydroxylation is 1. The number of carbonyl (C=O) groups excluding carboxylic acids is 1. The predicted octanol–water partition coefficient (Wildman–Crippen LogP) is 3.57. The van der Waals surface area contributed by atoms with E-state index in [9.17, 15) is 4.79 Å². The molecule has 138 valence electrons. The lowest BCUT2D eigenvalue weighted by molar-refractivity contribution is -0.115. The topological polar surface area (TPSA) is 82.8 Å². The molecule has 0 spiro atoms. The van der Waals surface area contributed by atoms with Gasteiger partial charge in [-0.1, -0.05) is 6.07 Å². The van der Waals surface area contributed by atoms with E-state index in [1.54, 1.807) is 26.2 Å². The molecule has 27 heavy (non-hydrogen) atoms. The maximum atomic E-state index is 12.4. The molecule has 1 amide bonds. The first-order valence-electron chi connectivity index (χ1n) is 8.42. The highest BCUT2D eigenvalue weighted by molar-refractivity contribution is 5.92. The smallest absolute Gasteiger partial charge is 0.231 e. The normalized spacial score (nSPS) is 12.1. The Balaban J connectivity index is 1.49. The van der Waals surface area contributed by atoms with Crippen molar-refractivity contribution < 1.29 is 23.4 Å². The number of benzene rings is 2. The molecule has 0 atom stereocenters. The number of nitrogens with one attached hydrogen (secondary N) is 1. The van der Waals surface area contributed by atoms with Gasteiger partial charge in [-0.15, -0.1) is 0 Å². The van der Waals surface area contributed by atoms with E-state index in [0.717, 1.165) is 5.56 Å². The number of methoxy groups -OCH3 is 1. The molecule has 0 radical (unpaired) electrons. The summed E-state index contributed by atoms with van der Waals surface area (Å²) in [5.74, 6) is 2.88. The number of aromatic nitrogens is 1. The Morgan fingerprint density at radius 2 is 2.04 bits per heavy atom. The summed E-state index contributed by atoms with van der Waals surface area (Å²) in [5.41, 5.74) is 2.02. The van der Waals surface area contributed by atoms with Gasteiger partial charge >= 0.3 is 0 Å². The third-order valence-electron chi connectivity index (χ3n) is 4.19. The zero-order valence-corrected chi connectivity index (χ0v) is 14.9. The van der Waals surface area contributed by atoms with E-state index in [4.69, 9.17) is 18.6 Å². The van der Waals surface area contributed by atoms with Gasteiger partial charge in [0.25, 0.3) is 0 Å². The molecule has 1 aromatic heterocycles. The van der Waals surface area contributed by atoms with E-state index in [2.05, 4.69) is 10.3 Å². The van der Waals surface area contributed by atoms with Gasteiger partial charge in [0, 0.05) is 17.3 Å². The van der Waals surface area contributed by atoms with Gasteiger partial charge in [-0.3, -0.25) is 4.79 Å². The third kappa shape index (κ3) is 3.57. The first kappa shape index (κ1) is 17.0. The third-order valence-corrected chi connectivity index (χ3v) is 4.19. The second-order valence-electron chi connectivity index (χ2n) is 6.05. The van der Waals surface area contributed by atoms with E-state index in [0.29, 0.717) is 40.3 Å². The second-order valence-corrected chi connectivity index (χ2v) is 6.05. The van der Waals surface area contributed by atoms with Crippen LogP contribution >= 0.6 is 0 Å². The Labute approximate surface area is 155 Å². The van der Waals surface area contributed by atoms with Gasteiger partial charge in [-0.05, 0) is 37.3 Å². The number of carbonyl (C=O) groups is 1. The number of ether oxygens (including phenoxy) is 3. The van der Waals surface area contributed by atoms with Crippen LogP contribution in [-0.2, 0) is 11.2 Å². The molecule has 2 heterocycles. The van der Waals surface area contributed by atoms with Gasteiger partial charge < -0.3 is 23.9 Å². The zero-order chi connectivity index (χ0) is 18.8. The monoisotopic (exact) mass is 366 g/mol. The number of hydrogen-bond donors (Lipinski definition) is 1. The van der Waals surface area contributed by atoms with Crippen molar-refractivity contribution in [2.75, 3.05) is 19.2 Å². The van der Waals surface area contributed by atoms with Crippen LogP contribution in [0.5, 0.6) is 17.2 Å². The summed E-state index contributed by atoms with van der Waals surface area (Å²) in [7, 11) is 1.58. The van der Waals surface area contributed by atoms with E-state index >= 15 is 0 Å². The summed E-state index contributed by atoms with van der Waals surface area (Å²) in [6, 6.07) is 12.7. The highest BCUT2D eigenvalue weighted by Crippen LogP contribution is 2.36. The summed E-state index contributed by atoms with van der Waals surface area (Å²) in [5, 5.41) is 2.84. The van der Waals surface area contributed by atoms with Crippen molar-refractivity contribution in [3.8, 4) is 28.7 Å². The maximum Gasteiger partial charge on any atom is 0.231 e. The number of fused-ring (bicyclic) bond motifs is 1. The van der Waals surface area contributed by atoms with Crippen LogP contribution in [0, 0.1) is 6.92 Å². The molecule has 0 saturated carbocycles. The number of anilines is 1. The zero-order valence-electron chi connectivity index (χ0n) is 14.9. The summed E-state index contributed by atoms with van der Waals surface area (Å²) in [4.78, 5) is 16.8. The van der Waals surface area contributed by atoms with Crippen LogP contribution in [0.25, 0.3) is 11.5 Å². The Morgan fingerprint density at radius 3 is 2.89 bits per heavy atom. The molecule has 0 bridgehead atoms. The molecule has 0 fully saturated rings. The average Bonchev–Trinajstić information content (AvgIpc) is 3.28. The molecule has 2 aromatic carbocycles. The SMILES string of the molecule is COc1cccc(NC(=O)Cc2nc(-c3ccc4c(c3)OCO4)oc2C)c1. The predicted molar refractivity (Wildman–Crippen MR) is 98.1 cm³/mol. The van der Waals surface area contributed by atoms with Gasteiger partial charge in [0.2, 0.25) is 18.6 Å². The molecule has 1 aliphatic rings. The summed E-state index contributed by atoms with van der Waals surface area (Å²) < 4.78 is 21.6. The molecule has 0 aliphatic carbocycles. The van der Waals surface area contributed by atoms with Crippen LogP contribution in [0.3, 0.4) is 0 Å². The minimum absolute atomic E-state index is 0.108. The number of nitrogens with zero attached hydrogens (tertiary/aromatic N) is 1. The first-order valence-corrected chi connectivity index (χ1v) is 8.42. The average molecular weight is 366 g/mol. The number of amides is 1. The Kier molecular flexibility index (Phi) is 4.42. The van der Waals surface area contributed by atoms with Gasteiger partial charge in [-0.25, -0.2) is 4.98 Å². The quantitative estimate of drug-likeness (QED) is 0.743. The van der Waals surface area contributed by atoms with Gasteiger partial charge in [-0.2, -0.15) is 0 Å². The highest BCUT2D eigenvalue weighted by atomic mass is 16.7. The highest BCUT2D eigenvalue weighted by Gasteiger charge is 2.18. The Bertz CT molecular complexity index is 996. The minimum Gasteiger partial charge on any atom is -0.497 e.